The number of carbonyl (C=O) groups is 3. The molecule has 48 heavy (non-hydrogen) atoms. The molecule has 3 aromatic carbocycles. The number of aromatic nitrogens is 1. The Morgan fingerprint density at radius 1 is 0.958 bits per heavy atom. The summed E-state index contributed by atoms with van der Waals surface area (Å²) in [5.41, 5.74) is 1.73. The number of benzene rings is 3. The maximum atomic E-state index is 14.1. The van der Waals surface area contributed by atoms with Crippen molar-refractivity contribution in [1.82, 2.24) is 4.98 Å². The zero-order valence-electron chi connectivity index (χ0n) is 25.1. The van der Waals surface area contributed by atoms with Crippen molar-refractivity contribution in [3.8, 4) is 11.5 Å². The molecule has 1 saturated heterocycles. The van der Waals surface area contributed by atoms with Crippen LogP contribution >= 0.6 is 57.9 Å². The molecular weight excluding hydrogens is 717 g/mol. The van der Waals surface area contributed by atoms with E-state index in [0.717, 1.165) is 33.2 Å². The number of methoxy groups -OCH3 is 1. The van der Waals surface area contributed by atoms with E-state index in [2.05, 4.69) is 10.3 Å². The summed E-state index contributed by atoms with van der Waals surface area (Å²) in [7, 11) is 1.56. The van der Waals surface area contributed by atoms with Crippen molar-refractivity contribution in [2.45, 2.75) is 22.6 Å². The average molecular weight is 743 g/mol. The number of imide groups is 1. The van der Waals surface area contributed by atoms with Gasteiger partial charge in [-0.3, -0.25) is 24.1 Å². The zero-order chi connectivity index (χ0) is 33.4. The third-order valence-corrected chi connectivity index (χ3v) is 13.5. The normalized spacial score (nSPS) is 26.7. The molecule has 4 aliphatic rings. The molecule has 3 fully saturated rings. The van der Waals surface area contributed by atoms with Crippen LogP contribution in [-0.2, 0) is 14.4 Å². The number of hydrogen-bond donors (Lipinski definition) is 2. The highest BCUT2D eigenvalue weighted by molar-refractivity contribution is 8.00. The number of thiazole rings is 1. The lowest BCUT2D eigenvalue weighted by Crippen LogP contribution is -2.42. The minimum Gasteiger partial charge on any atom is -0.497 e. The topological polar surface area (TPSA) is 118 Å². The molecule has 14 heteroatoms. The molecule has 7 atom stereocenters. The second-order valence-corrected chi connectivity index (χ2v) is 15.8. The number of rotatable bonds is 7. The summed E-state index contributed by atoms with van der Waals surface area (Å²) < 4.78 is 11.4. The van der Waals surface area contributed by atoms with Crippen molar-refractivity contribution in [3.05, 3.63) is 95.8 Å². The number of carbonyl (C=O) groups excluding carboxylic acids is 3. The van der Waals surface area contributed by atoms with E-state index in [-0.39, 0.29) is 52.2 Å². The highest BCUT2D eigenvalue weighted by Gasteiger charge is 2.69. The quantitative estimate of drug-likeness (QED) is 0.194. The van der Waals surface area contributed by atoms with E-state index >= 15 is 0 Å². The Kier molecular flexibility index (Phi) is 8.03. The van der Waals surface area contributed by atoms with Crippen LogP contribution in [0.15, 0.2) is 70.5 Å². The summed E-state index contributed by atoms with van der Waals surface area (Å²) in [5.74, 6) is -1.23. The van der Waals surface area contributed by atoms with Gasteiger partial charge in [-0.1, -0.05) is 46.1 Å². The van der Waals surface area contributed by atoms with Gasteiger partial charge in [0.1, 0.15) is 11.5 Å². The predicted molar refractivity (Wildman–Crippen MR) is 186 cm³/mol. The lowest BCUT2D eigenvalue weighted by atomic mass is 9.68. The molecular formula is C34H26Cl3N3O6S2. The summed E-state index contributed by atoms with van der Waals surface area (Å²) >= 11 is 21.4. The average Bonchev–Trinajstić information content (AvgIpc) is 3.81. The van der Waals surface area contributed by atoms with Crippen molar-refractivity contribution in [2.75, 3.05) is 23.9 Å². The Hall–Kier alpha value is -3.48. The highest BCUT2D eigenvalue weighted by atomic mass is 35.5. The van der Waals surface area contributed by atoms with Gasteiger partial charge in [0, 0.05) is 32.3 Å². The van der Waals surface area contributed by atoms with Crippen molar-refractivity contribution in [1.29, 1.82) is 0 Å². The minimum atomic E-state index is -0.480. The Bertz CT molecular complexity index is 2050. The van der Waals surface area contributed by atoms with Crippen LogP contribution in [0.1, 0.15) is 22.8 Å². The van der Waals surface area contributed by atoms with Crippen molar-refractivity contribution >= 4 is 87.0 Å². The molecule has 2 aliphatic carbocycles. The maximum Gasteiger partial charge on any atom is 0.305 e. The van der Waals surface area contributed by atoms with E-state index in [1.54, 1.807) is 73.5 Å². The number of aromatic amines is 1. The van der Waals surface area contributed by atoms with Crippen LogP contribution in [0.2, 0.25) is 15.1 Å². The second-order valence-electron chi connectivity index (χ2n) is 12.3. The Balaban J connectivity index is 1.12. The SMILES string of the molecule is COc1ccc(N2C(=O)C3C4CC(C3C2=O)C2C4Sc3[nH]c(=O)sc3[C@@H]2c2cc(Cl)ccc2OCC(=O)Nc2ccc(Cl)c(Cl)c2)cc1. The smallest absolute Gasteiger partial charge is 0.305 e. The minimum absolute atomic E-state index is 0.0312. The molecule has 2 bridgehead atoms. The summed E-state index contributed by atoms with van der Waals surface area (Å²) in [6, 6.07) is 17.0. The largest absolute Gasteiger partial charge is 0.497 e. The monoisotopic (exact) mass is 741 g/mol. The molecule has 6 unspecified atom stereocenters. The first-order valence-corrected chi connectivity index (χ1v) is 18.0. The first-order chi connectivity index (χ1) is 23.1. The number of H-pyrrole nitrogens is 1. The number of nitrogens with zero attached hydrogens (tertiary/aromatic N) is 1. The fourth-order valence-corrected chi connectivity index (χ4v) is 11.5. The van der Waals surface area contributed by atoms with Crippen molar-refractivity contribution in [2.24, 2.45) is 29.6 Å². The van der Waals surface area contributed by atoms with Crippen molar-refractivity contribution in [3.63, 3.8) is 0 Å². The Morgan fingerprint density at radius 2 is 1.71 bits per heavy atom. The Morgan fingerprint density at radius 3 is 2.44 bits per heavy atom. The molecule has 3 heterocycles. The van der Waals surface area contributed by atoms with Crippen LogP contribution in [0.25, 0.3) is 0 Å². The lowest BCUT2D eigenvalue weighted by molar-refractivity contribution is -0.123. The summed E-state index contributed by atoms with van der Waals surface area (Å²) in [6.07, 6.45) is 0.726. The van der Waals surface area contributed by atoms with Gasteiger partial charge in [-0.25, -0.2) is 0 Å². The number of ether oxygens (including phenoxy) is 2. The number of halogens is 3. The van der Waals surface area contributed by atoms with Gasteiger partial charge in [0.2, 0.25) is 11.8 Å². The number of thioether (sulfide) groups is 1. The third-order valence-electron chi connectivity index (χ3n) is 9.92. The van der Waals surface area contributed by atoms with Gasteiger partial charge >= 0.3 is 4.87 Å². The van der Waals surface area contributed by atoms with E-state index in [0.29, 0.717) is 37.9 Å². The third kappa shape index (κ3) is 5.13. The summed E-state index contributed by atoms with van der Waals surface area (Å²) in [4.78, 5) is 58.7. The van der Waals surface area contributed by atoms with Crippen LogP contribution in [0.4, 0.5) is 11.4 Å². The summed E-state index contributed by atoms with van der Waals surface area (Å²) in [5, 5.41) is 4.64. The zero-order valence-corrected chi connectivity index (χ0v) is 29.0. The van der Waals surface area contributed by atoms with Gasteiger partial charge < -0.3 is 19.8 Å². The second kappa shape index (κ2) is 12.1. The molecule has 3 amide bonds. The first-order valence-electron chi connectivity index (χ1n) is 15.2. The molecule has 9 nitrogen and oxygen atoms in total. The lowest BCUT2D eigenvalue weighted by Gasteiger charge is -2.43. The van der Waals surface area contributed by atoms with E-state index < -0.39 is 17.7 Å². The maximum absolute atomic E-state index is 14.1. The van der Waals surface area contributed by atoms with E-state index in [4.69, 9.17) is 44.3 Å². The van der Waals surface area contributed by atoms with Gasteiger partial charge in [-0.15, -0.1) is 11.8 Å². The fourth-order valence-electron chi connectivity index (χ4n) is 8.16. The molecule has 2 aliphatic heterocycles. The molecule has 4 aromatic rings. The van der Waals surface area contributed by atoms with Gasteiger partial charge in [-0.05, 0) is 84.8 Å². The number of nitrogens with one attached hydrogen (secondary N) is 2. The van der Waals surface area contributed by atoms with Crippen LogP contribution in [0.3, 0.4) is 0 Å². The molecule has 2 N–H and O–H groups in total. The van der Waals surface area contributed by atoms with Gasteiger partial charge in [0.15, 0.2) is 6.61 Å². The van der Waals surface area contributed by atoms with Crippen molar-refractivity contribution < 1.29 is 23.9 Å². The molecule has 1 aromatic heterocycles. The number of fused-ring (bicyclic) bond motifs is 9. The molecule has 246 valence electrons. The van der Waals surface area contributed by atoms with E-state index in [9.17, 15) is 19.2 Å². The van der Waals surface area contributed by atoms with Crippen LogP contribution in [0.5, 0.6) is 11.5 Å². The van der Waals surface area contributed by atoms with Gasteiger partial charge in [-0.2, -0.15) is 0 Å². The number of amides is 3. The number of hydrogen-bond acceptors (Lipinski definition) is 8. The predicted octanol–water partition coefficient (Wildman–Crippen LogP) is 7.10. The van der Waals surface area contributed by atoms with E-state index in [1.165, 1.54) is 4.90 Å². The van der Waals surface area contributed by atoms with Crippen LogP contribution < -0.4 is 24.6 Å². The molecule has 0 radical (unpaired) electrons. The Labute approximate surface area is 297 Å². The standard InChI is InChI=1S/C34H26Cl3N3O6S2/c1-45-17-6-4-16(5-7-17)40-32(42)27-19-12-20(28(27)33(40)43)29-26(19)25(30-31(47-29)39-34(44)48-30)18-10-14(35)2-9-23(18)46-13-24(41)38-15-3-8-21(36)22(37)11-15/h2-11,19-20,25-29H,12-13H2,1H3,(H,38,41)(H,39,44)/t19?,20?,25-,26?,27?,28?,29?/m1/s1. The van der Waals surface area contributed by atoms with Gasteiger partial charge in [0.25, 0.3) is 5.91 Å². The molecule has 2 saturated carbocycles. The highest BCUT2D eigenvalue weighted by Crippen LogP contribution is 2.69. The first kappa shape index (κ1) is 31.8. The van der Waals surface area contributed by atoms with Crippen LogP contribution in [-0.4, -0.2) is 41.7 Å². The number of anilines is 2. The summed E-state index contributed by atoms with van der Waals surface area (Å²) in [6.45, 7) is -0.304. The fraction of sp³-hybridized carbons (Fsp3) is 0.294. The van der Waals surface area contributed by atoms with E-state index in [1.807, 2.05) is 6.07 Å². The van der Waals surface area contributed by atoms with Crippen LogP contribution in [0, 0.1) is 29.6 Å². The van der Waals surface area contributed by atoms with Gasteiger partial charge in [0.05, 0.1) is 39.7 Å². The molecule has 8 rings (SSSR count). The molecule has 0 spiro atoms.